The van der Waals surface area contributed by atoms with Crippen molar-refractivity contribution in [1.82, 2.24) is 19.7 Å². The minimum absolute atomic E-state index is 0.0877. The van der Waals surface area contributed by atoms with Crippen molar-refractivity contribution in [3.05, 3.63) is 41.7 Å². The van der Waals surface area contributed by atoms with Gasteiger partial charge >= 0.3 is 0 Å². The zero-order valence-electron chi connectivity index (χ0n) is 16.6. The highest BCUT2D eigenvalue weighted by Gasteiger charge is 2.24. The summed E-state index contributed by atoms with van der Waals surface area (Å²) in [7, 11) is 4.08. The second-order valence-electron chi connectivity index (χ2n) is 7.29. The molecular weight excluding hydrogens is 358 g/mol. The minimum atomic E-state index is -0.0877. The highest BCUT2D eigenvalue weighted by Crippen LogP contribution is 2.29. The summed E-state index contributed by atoms with van der Waals surface area (Å²) in [5.74, 6) is -0.0877. The molecule has 6 nitrogen and oxygen atoms in total. The summed E-state index contributed by atoms with van der Waals surface area (Å²) in [5.41, 5.74) is 2.39. The van der Waals surface area contributed by atoms with Gasteiger partial charge in [-0.05, 0) is 66.0 Å². The molecule has 3 rings (SSSR count). The van der Waals surface area contributed by atoms with Gasteiger partial charge in [0, 0.05) is 18.3 Å². The number of thiazole rings is 1. The summed E-state index contributed by atoms with van der Waals surface area (Å²) in [6, 6.07) is 10.1. The lowest BCUT2D eigenvalue weighted by molar-refractivity contribution is 0.0980. The SMILES string of the molecule is Cc1cc(C(=O)N(CCCN(C)C)c2nc3ccccc3s2)nn1C(C)C. The minimum Gasteiger partial charge on any atom is -0.309 e. The van der Waals surface area contributed by atoms with Crippen LogP contribution in [0.5, 0.6) is 0 Å². The predicted octanol–water partition coefficient (Wildman–Crippen LogP) is 3.98. The zero-order chi connectivity index (χ0) is 19.6. The van der Waals surface area contributed by atoms with Crippen molar-refractivity contribution in [2.75, 3.05) is 32.1 Å². The molecule has 0 spiro atoms. The number of benzene rings is 1. The summed E-state index contributed by atoms with van der Waals surface area (Å²) in [6.07, 6.45) is 0.874. The van der Waals surface area contributed by atoms with Crippen molar-refractivity contribution in [3.8, 4) is 0 Å². The topological polar surface area (TPSA) is 54.3 Å². The molecule has 0 aliphatic rings. The second-order valence-corrected chi connectivity index (χ2v) is 8.30. The van der Waals surface area contributed by atoms with Gasteiger partial charge in [-0.25, -0.2) is 4.98 Å². The number of anilines is 1. The fraction of sp³-hybridized carbons (Fsp3) is 0.450. The predicted molar refractivity (Wildman–Crippen MR) is 112 cm³/mol. The molecule has 0 bridgehead atoms. The molecule has 0 radical (unpaired) electrons. The van der Waals surface area contributed by atoms with Crippen LogP contribution >= 0.6 is 11.3 Å². The van der Waals surface area contributed by atoms with E-state index in [-0.39, 0.29) is 11.9 Å². The highest BCUT2D eigenvalue weighted by atomic mass is 32.1. The van der Waals surface area contributed by atoms with Crippen LogP contribution in [0.2, 0.25) is 0 Å². The first-order chi connectivity index (χ1) is 12.9. The molecule has 2 aromatic heterocycles. The van der Waals surface area contributed by atoms with Crippen LogP contribution in [0.15, 0.2) is 30.3 Å². The third kappa shape index (κ3) is 4.36. The average molecular weight is 386 g/mol. The van der Waals surface area contributed by atoms with Crippen LogP contribution in [0.1, 0.15) is 42.5 Å². The normalized spacial score (nSPS) is 11.7. The number of amides is 1. The summed E-state index contributed by atoms with van der Waals surface area (Å²) in [5, 5.41) is 5.28. The highest BCUT2D eigenvalue weighted by molar-refractivity contribution is 7.22. The molecule has 1 aromatic carbocycles. The molecule has 0 fully saturated rings. The quantitative estimate of drug-likeness (QED) is 0.617. The molecule has 0 saturated heterocycles. The van der Waals surface area contributed by atoms with Gasteiger partial charge in [-0.2, -0.15) is 5.10 Å². The molecule has 0 saturated carbocycles. The third-order valence-electron chi connectivity index (χ3n) is 4.38. The zero-order valence-corrected chi connectivity index (χ0v) is 17.5. The Labute approximate surface area is 164 Å². The Morgan fingerprint density at radius 3 is 2.59 bits per heavy atom. The molecule has 2 heterocycles. The largest absolute Gasteiger partial charge is 0.309 e. The van der Waals surface area contributed by atoms with Gasteiger partial charge in [0.1, 0.15) is 0 Å². The van der Waals surface area contributed by atoms with Crippen LogP contribution in [0.25, 0.3) is 10.2 Å². The molecule has 1 amide bonds. The summed E-state index contributed by atoms with van der Waals surface area (Å²) in [6.45, 7) is 7.64. The van der Waals surface area contributed by atoms with E-state index in [9.17, 15) is 4.79 Å². The third-order valence-corrected chi connectivity index (χ3v) is 5.44. The van der Waals surface area contributed by atoms with E-state index in [0.29, 0.717) is 12.2 Å². The molecule has 0 aliphatic heterocycles. The number of aromatic nitrogens is 3. The lowest BCUT2D eigenvalue weighted by atomic mass is 10.3. The van der Waals surface area contributed by atoms with Crippen LogP contribution in [0.3, 0.4) is 0 Å². The van der Waals surface area contributed by atoms with E-state index in [1.165, 1.54) is 0 Å². The molecule has 7 heteroatoms. The fourth-order valence-corrected chi connectivity index (χ4v) is 4.05. The Morgan fingerprint density at radius 1 is 1.22 bits per heavy atom. The van der Waals surface area contributed by atoms with Gasteiger partial charge in [0.2, 0.25) is 0 Å². The summed E-state index contributed by atoms with van der Waals surface area (Å²) < 4.78 is 2.98. The molecule has 3 aromatic rings. The average Bonchev–Trinajstić information content (AvgIpc) is 3.21. The van der Waals surface area contributed by atoms with Gasteiger partial charge in [0.15, 0.2) is 10.8 Å². The number of rotatable bonds is 7. The van der Waals surface area contributed by atoms with E-state index >= 15 is 0 Å². The van der Waals surface area contributed by atoms with Crippen molar-refractivity contribution >= 4 is 32.6 Å². The first-order valence-corrected chi connectivity index (χ1v) is 10.1. The van der Waals surface area contributed by atoms with Crippen molar-refractivity contribution in [2.45, 2.75) is 33.2 Å². The summed E-state index contributed by atoms with van der Waals surface area (Å²) in [4.78, 5) is 21.9. The van der Waals surface area contributed by atoms with E-state index in [0.717, 1.165) is 34.0 Å². The Morgan fingerprint density at radius 2 is 1.96 bits per heavy atom. The van der Waals surface area contributed by atoms with Gasteiger partial charge in [-0.1, -0.05) is 23.5 Å². The van der Waals surface area contributed by atoms with E-state index in [2.05, 4.69) is 23.8 Å². The first kappa shape index (κ1) is 19.5. The number of hydrogen-bond acceptors (Lipinski definition) is 5. The molecular formula is C20H27N5OS. The number of carbonyl (C=O) groups is 1. The number of fused-ring (bicyclic) bond motifs is 1. The second kappa shape index (κ2) is 8.19. The standard InChI is InChI=1S/C20H27N5OS/c1-14(2)25-15(3)13-17(22-25)19(26)24(12-8-11-23(4)5)20-21-16-9-6-7-10-18(16)27-20/h6-7,9-10,13-14H,8,11-12H2,1-5H3. The molecule has 0 atom stereocenters. The van der Waals surface area contributed by atoms with Crippen molar-refractivity contribution in [2.24, 2.45) is 0 Å². The Balaban J connectivity index is 1.93. The monoisotopic (exact) mass is 385 g/mol. The number of aryl methyl sites for hydroxylation is 1. The fourth-order valence-electron chi connectivity index (χ4n) is 3.06. The molecule has 0 N–H and O–H groups in total. The van der Waals surface area contributed by atoms with Gasteiger partial charge in [0.25, 0.3) is 5.91 Å². The maximum Gasteiger partial charge on any atom is 0.280 e. The Hall–Kier alpha value is -2.25. The van der Waals surface area contributed by atoms with Crippen molar-refractivity contribution in [1.29, 1.82) is 0 Å². The van der Waals surface area contributed by atoms with E-state index < -0.39 is 0 Å². The number of hydrogen-bond donors (Lipinski definition) is 0. The maximum atomic E-state index is 13.3. The van der Waals surface area contributed by atoms with Crippen LogP contribution in [0.4, 0.5) is 5.13 Å². The number of carbonyl (C=O) groups excluding carboxylic acids is 1. The Kier molecular flexibility index (Phi) is 5.92. The number of nitrogens with zero attached hydrogens (tertiary/aromatic N) is 5. The van der Waals surface area contributed by atoms with Crippen LogP contribution < -0.4 is 4.90 Å². The molecule has 27 heavy (non-hydrogen) atoms. The molecule has 144 valence electrons. The lowest BCUT2D eigenvalue weighted by Crippen LogP contribution is -2.33. The van der Waals surface area contributed by atoms with Gasteiger partial charge in [-0.15, -0.1) is 0 Å². The van der Waals surface area contributed by atoms with Crippen LogP contribution in [-0.4, -0.2) is 52.8 Å². The van der Waals surface area contributed by atoms with Gasteiger partial charge < -0.3 is 4.90 Å². The molecule has 0 aliphatic carbocycles. The molecule has 0 unspecified atom stereocenters. The smallest absolute Gasteiger partial charge is 0.280 e. The van der Waals surface area contributed by atoms with Crippen molar-refractivity contribution < 1.29 is 4.79 Å². The van der Waals surface area contributed by atoms with Crippen LogP contribution in [-0.2, 0) is 0 Å². The van der Waals surface area contributed by atoms with Gasteiger partial charge in [0.05, 0.1) is 10.2 Å². The van der Waals surface area contributed by atoms with E-state index in [4.69, 9.17) is 4.98 Å². The number of para-hydroxylation sites is 1. The first-order valence-electron chi connectivity index (χ1n) is 9.25. The van der Waals surface area contributed by atoms with E-state index in [1.807, 2.05) is 56.0 Å². The Bertz CT molecular complexity index is 894. The lowest BCUT2D eigenvalue weighted by Gasteiger charge is -2.20. The van der Waals surface area contributed by atoms with E-state index in [1.54, 1.807) is 16.2 Å². The van der Waals surface area contributed by atoms with Crippen LogP contribution in [0, 0.1) is 6.92 Å². The van der Waals surface area contributed by atoms with Gasteiger partial charge in [-0.3, -0.25) is 14.4 Å². The summed E-state index contributed by atoms with van der Waals surface area (Å²) >= 11 is 1.55. The van der Waals surface area contributed by atoms with Crippen molar-refractivity contribution in [3.63, 3.8) is 0 Å². The maximum absolute atomic E-state index is 13.3.